The summed E-state index contributed by atoms with van der Waals surface area (Å²) in [6, 6.07) is 0. The Kier molecular flexibility index (Phi) is 5.09. The molecule has 12 heavy (non-hydrogen) atoms. The lowest BCUT2D eigenvalue weighted by atomic mass is 10.1. The smallest absolute Gasteiger partial charge is 0.118 e. The standard InChI is InChI=1S/C9H18N2S/c1-7(2)5-6-11(10)9(12)8(3)4/h7H,3,5-6,10H2,1-2,4H3. The molecule has 0 aliphatic rings. The Hall–Kier alpha value is -0.410. The van der Waals surface area contributed by atoms with E-state index < -0.39 is 0 Å². The van der Waals surface area contributed by atoms with Crippen molar-refractivity contribution < 1.29 is 0 Å². The molecule has 0 aromatic carbocycles. The molecular weight excluding hydrogens is 168 g/mol. The molecule has 0 heterocycles. The highest BCUT2D eigenvalue weighted by atomic mass is 32.1. The number of nitrogens with two attached hydrogens (primary N) is 1. The molecule has 2 N–H and O–H groups in total. The van der Waals surface area contributed by atoms with Gasteiger partial charge in [-0.2, -0.15) is 0 Å². The Labute approximate surface area is 80.4 Å². The maximum atomic E-state index is 5.70. The SMILES string of the molecule is C=C(C)C(=S)N(N)CCC(C)C. The van der Waals surface area contributed by atoms with E-state index in [1.165, 1.54) is 0 Å². The van der Waals surface area contributed by atoms with Crippen molar-refractivity contribution >= 4 is 17.2 Å². The van der Waals surface area contributed by atoms with E-state index in [0.29, 0.717) is 10.9 Å². The topological polar surface area (TPSA) is 29.3 Å². The van der Waals surface area contributed by atoms with Crippen LogP contribution in [0.1, 0.15) is 27.2 Å². The molecular formula is C9H18N2S. The maximum Gasteiger partial charge on any atom is 0.118 e. The molecule has 0 fully saturated rings. The first-order valence-corrected chi connectivity index (χ1v) is 4.58. The summed E-state index contributed by atoms with van der Waals surface area (Å²) in [5.41, 5.74) is 0.858. The van der Waals surface area contributed by atoms with Gasteiger partial charge in [-0.15, -0.1) is 0 Å². The van der Waals surface area contributed by atoms with E-state index in [1.807, 2.05) is 6.92 Å². The number of hydrogen-bond acceptors (Lipinski definition) is 2. The van der Waals surface area contributed by atoms with Gasteiger partial charge in [-0.25, -0.2) is 5.84 Å². The average Bonchev–Trinajstić information content (AvgIpc) is 1.98. The minimum atomic E-state index is 0.656. The van der Waals surface area contributed by atoms with E-state index in [4.69, 9.17) is 18.1 Å². The van der Waals surface area contributed by atoms with Crippen molar-refractivity contribution in [1.29, 1.82) is 0 Å². The summed E-state index contributed by atoms with van der Waals surface area (Å²) in [7, 11) is 0. The fourth-order valence-corrected chi connectivity index (χ4v) is 0.835. The normalized spacial score (nSPS) is 10.1. The maximum absolute atomic E-state index is 5.70. The highest BCUT2D eigenvalue weighted by molar-refractivity contribution is 7.80. The lowest BCUT2D eigenvalue weighted by Crippen LogP contribution is -2.37. The fourth-order valence-electron chi connectivity index (χ4n) is 0.744. The number of hydrazine groups is 1. The van der Waals surface area contributed by atoms with E-state index in [-0.39, 0.29) is 0 Å². The lowest BCUT2D eigenvalue weighted by Gasteiger charge is -2.20. The summed E-state index contributed by atoms with van der Waals surface area (Å²) < 4.78 is 0. The van der Waals surface area contributed by atoms with Crippen LogP contribution in [-0.4, -0.2) is 16.5 Å². The van der Waals surface area contributed by atoms with Gasteiger partial charge in [0, 0.05) is 6.54 Å². The minimum Gasteiger partial charge on any atom is -0.301 e. The first-order valence-electron chi connectivity index (χ1n) is 4.17. The Bertz CT molecular complexity index is 175. The number of thiocarbonyl (C=S) groups is 1. The Balaban J connectivity index is 3.80. The summed E-state index contributed by atoms with van der Waals surface area (Å²) in [4.78, 5) is 0.663. The van der Waals surface area contributed by atoms with Crippen LogP contribution in [0.5, 0.6) is 0 Å². The van der Waals surface area contributed by atoms with Crippen LogP contribution < -0.4 is 5.84 Å². The van der Waals surface area contributed by atoms with Crippen molar-refractivity contribution in [3.8, 4) is 0 Å². The van der Waals surface area contributed by atoms with Gasteiger partial charge in [0.25, 0.3) is 0 Å². The van der Waals surface area contributed by atoms with E-state index in [1.54, 1.807) is 5.01 Å². The van der Waals surface area contributed by atoms with Crippen molar-refractivity contribution in [3.05, 3.63) is 12.2 Å². The summed E-state index contributed by atoms with van der Waals surface area (Å²) in [5.74, 6) is 6.35. The zero-order valence-corrected chi connectivity index (χ0v) is 8.95. The van der Waals surface area contributed by atoms with Crippen molar-refractivity contribution in [2.75, 3.05) is 6.54 Å². The van der Waals surface area contributed by atoms with Gasteiger partial charge in [-0.3, -0.25) is 0 Å². The van der Waals surface area contributed by atoms with E-state index in [0.717, 1.165) is 18.5 Å². The van der Waals surface area contributed by atoms with E-state index >= 15 is 0 Å². The van der Waals surface area contributed by atoms with Crippen molar-refractivity contribution in [2.24, 2.45) is 11.8 Å². The van der Waals surface area contributed by atoms with Crippen molar-refractivity contribution in [1.82, 2.24) is 5.01 Å². The van der Waals surface area contributed by atoms with Gasteiger partial charge < -0.3 is 5.01 Å². The van der Waals surface area contributed by atoms with Crippen LogP contribution >= 0.6 is 12.2 Å². The van der Waals surface area contributed by atoms with Gasteiger partial charge in [0.2, 0.25) is 0 Å². The molecule has 0 unspecified atom stereocenters. The molecule has 0 amide bonds. The fraction of sp³-hybridized carbons (Fsp3) is 0.667. The summed E-state index contributed by atoms with van der Waals surface area (Å²) >= 11 is 5.05. The molecule has 0 bridgehead atoms. The first kappa shape index (κ1) is 11.6. The van der Waals surface area contributed by atoms with Crippen molar-refractivity contribution in [3.63, 3.8) is 0 Å². The monoisotopic (exact) mass is 186 g/mol. The number of rotatable bonds is 4. The molecule has 0 saturated carbocycles. The highest BCUT2D eigenvalue weighted by Crippen LogP contribution is 2.03. The zero-order chi connectivity index (χ0) is 9.72. The van der Waals surface area contributed by atoms with Gasteiger partial charge in [0.05, 0.1) is 0 Å². The van der Waals surface area contributed by atoms with Crippen LogP contribution in [0.2, 0.25) is 0 Å². The molecule has 70 valence electrons. The third-order valence-corrected chi connectivity index (χ3v) is 2.16. The zero-order valence-electron chi connectivity index (χ0n) is 8.13. The summed E-state index contributed by atoms with van der Waals surface area (Å²) in [6.45, 7) is 10.8. The largest absolute Gasteiger partial charge is 0.301 e. The Morgan fingerprint density at radius 3 is 2.42 bits per heavy atom. The van der Waals surface area contributed by atoms with E-state index in [2.05, 4.69) is 20.4 Å². The molecule has 2 nitrogen and oxygen atoms in total. The number of hydrogen-bond donors (Lipinski definition) is 1. The number of nitrogens with zero attached hydrogens (tertiary/aromatic N) is 1. The van der Waals surface area contributed by atoms with Crippen molar-refractivity contribution in [2.45, 2.75) is 27.2 Å². The Morgan fingerprint density at radius 1 is 1.58 bits per heavy atom. The van der Waals surface area contributed by atoms with Gasteiger partial charge in [0.15, 0.2) is 0 Å². The predicted molar refractivity (Wildman–Crippen MR) is 57.8 cm³/mol. The second-order valence-corrected chi connectivity index (χ2v) is 3.85. The van der Waals surface area contributed by atoms with Gasteiger partial charge >= 0.3 is 0 Å². The predicted octanol–water partition coefficient (Wildman–Crippen LogP) is 2.11. The van der Waals surface area contributed by atoms with Crippen LogP contribution in [-0.2, 0) is 0 Å². The molecule has 0 aliphatic heterocycles. The van der Waals surface area contributed by atoms with Gasteiger partial charge in [-0.05, 0) is 24.8 Å². The third-order valence-electron chi connectivity index (χ3n) is 1.57. The molecule has 3 heteroatoms. The molecule has 0 spiro atoms. The molecule has 0 saturated heterocycles. The molecule has 0 aromatic rings. The third kappa shape index (κ3) is 4.46. The minimum absolute atomic E-state index is 0.656. The van der Waals surface area contributed by atoms with Gasteiger partial charge in [0.1, 0.15) is 4.99 Å². The quantitative estimate of drug-likeness (QED) is 0.315. The average molecular weight is 186 g/mol. The first-order chi connectivity index (χ1) is 5.45. The summed E-state index contributed by atoms with van der Waals surface area (Å²) in [6.07, 6.45) is 1.06. The van der Waals surface area contributed by atoms with Crippen LogP contribution in [0, 0.1) is 5.92 Å². The van der Waals surface area contributed by atoms with Crippen LogP contribution in [0.3, 0.4) is 0 Å². The molecule has 0 atom stereocenters. The van der Waals surface area contributed by atoms with Crippen LogP contribution in [0.4, 0.5) is 0 Å². The second-order valence-electron chi connectivity index (χ2n) is 3.46. The molecule has 0 aliphatic carbocycles. The lowest BCUT2D eigenvalue weighted by molar-refractivity contribution is 0.399. The Morgan fingerprint density at radius 2 is 2.08 bits per heavy atom. The molecule has 0 radical (unpaired) electrons. The van der Waals surface area contributed by atoms with Gasteiger partial charge in [-0.1, -0.05) is 32.6 Å². The second kappa shape index (κ2) is 5.27. The highest BCUT2D eigenvalue weighted by Gasteiger charge is 2.05. The summed E-state index contributed by atoms with van der Waals surface area (Å²) in [5, 5.41) is 1.59. The van der Waals surface area contributed by atoms with Crippen LogP contribution in [0.15, 0.2) is 12.2 Å². The molecule has 0 rings (SSSR count). The van der Waals surface area contributed by atoms with Crippen LogP contribution in [0.25, 0.3) is 0 Å². The van der Waals surface area contributed by atoms with E-state index in [9.17, 15) is 0 Å². The molecule has 0 aromatic heterocycles.